The number of nitriles is 1. The highest BCUT2D eigenvalue weighted by molar-refractivity contribution is 5.34. The van der Waals surface area contributed by atoms with Gasteiger partial charge in [0.2, 0.25) is 0 Å². The monoisotopic (exact) mass is 201 g/mol. The summed E-state index contributed by atoms with van der Waals surface area (Å²) in [5.74, 6) is 0.311. The van der Waals surface area contributed by atoms with Crippen LogP contribution in [0.3, 0.4) is 0 Å². The minimum absolute atomic E-state index is 0.311. The standard InChI is InChI=1S/C13H15NO/c1-10-3-2-8-13(10,15)12-6-4-11(9-14)5-7-12/h4-7,10,15H,2-3,8H2,1H3. The van der Waals surface area contributed by atoms with Crippen molar-refractivity contribution < 1.29 is 5.11 Å². The molecule has 1 fully saturated rings. The first-order chi connectivity index (χ1) is 7.16. The Morgan fingerprint density at radius 1 is 1.40 bits per heavy atom. The van der Waals surface area contributed by atoms with Crippen molar-refractivity contribution >= 4 is 0 Å². The smallest absolute Gasteiger partial charge is 0.0991 e. The van der Waals surface area contributed by atoms with Crippen LogP contribution in [0.1, 0.15) is 37.3 Å². The molecule has 1 aromatic rings. The summed E-state index contributed by atoms with van der Waals surface area (Å²) in [5, 5.41) is 19.2. The lowest BCUT2D eigenvalue weighted by atomic mass is 9.85. The second-order valence-electron chi connectivity index (χ2n) is 4.41. The molecule has 0 aliphatic heterocycles. The van der Waals surface area contributed by atoms with Crippen LogP contribution in [0.4, 0.5) is 0 Å². The SMILES string of the molecule is CC1CCCC1(O)c1ccc(C#N)cc1. The Balaban J connectivity index is 2.33. The molecule has 2 heteroatoms. The summed E-state index contributed by atoms with van der Waals surface area (Å²) in [6.45, 7) is 2.09. The topological polar surface area (TPSA) is 44.0 Å². The summed E-state index contributed by atoms with van der Waals surface area (Å²) in [6, 6.07) is 9.39. The van der Waals surface area contributed by atoms with Gasteiger partial charge in [-0.25, -0.2) is 0 Å². The van der Waals surface area contributed by atoms with Crippen LogP contribution in [-0.2, 0) is 5.60 Å². The van der Waals surface area contributed by atoms with Gasteiger partial charge in [0.15, 0.2) is 0 Å². The molecule has 1 aliphatic rings. The van der Waals surface area contributed by atoms with Crippen LogP contribution in [0.25, 0.3) is 0 Å². The van der Waals surface area contributed by atoms with Crippen molar-refractivity contribution in [2.75, 3.05) is 0 Å². The fourth-order valence-electron chi connectivity index (χ4n) is 2.43. The summed E-state index contributed by atoms with van der Waals surface area (Å²) < 4.78 is 0. The number of aliphatic hydroxyl groups is 1. The van der Waals surface area contributed by atoms with Crippen LogP contribution in [0.15, 0.2) is 24.3 Å². The molecule has 1 aliphatic carbocycles. The molecule has 78 valence electrons. The van der Waals surface area contributed by atoms with Crippen molar-refractivity contribution in [3.63, 3.8) is 0 Å². The highest BCUT2D eigenvalue weighted by Crippen LogP contribution is 2.43. The van der Waals surface area contributed by atoms with Crippen molar-refractivity contribution in [2.24, 2.45) is 5.92 Å². The molecule has 0 amide bonds. The lowest BCUT2D eigenvalue weighted by Gasteiger charge is -2.28. The molecule has 0 saturated heterocycles. The Kier molecular flexibility index (Phi) is 2.50. The number of nitrogens with zero attached hydrogens (tertiary/aromatic N) is 1. The summed E-state index contributed by atoms with van der Waals surface area (Å²) in [5.41, 5.74) is 0.924. The maximum absolute atomic E-state index is 10.5. The number of benzene rings is 1. The van der Waals surface area contributed by atoms with Gasteiger partial charge < -0.3 is 5.11 Å². The van der Waals surface area contributed by atoms with E-state index >= 15 is 0 Å². The zero-order valence-corrected chi connectivity index (χ0v) is 8.90. The summed E-state index contributed by atoms with van der Waals surface area (Å²) >= 11 is 0. The molecule has 0 spiro atoms. The Morgan fingerprint density at radius 2 is 2.07 bits per heavy atom. The largest absolute Gasteiger partial charge is 0.385 e. The van der Waals surface area contributed by atoms with Gasteiger partial charge in [0.05, 0.1) is 17.2 Å². The van der Waals surface area contributed by atoms with Gasteiger partial charge in [0.25, 0.3) is 0 Å². The van der Waals surface area contributed by atoms with Gasteiger partial charge in [-0.3, -0.25) is 0 Å². The van der Waals surface area contributed by atoms with Crippen molar-refractivity contribution in [3.05, 3.63) is 35.4 Å². The fraction of sp³-hybridized carbons (Fsp3) is 0.462. The van der Waals surface area contributed by atoms with Crippen molar-refractivity contribution in [3.8, 4) is 6.07 Å². The van der Waals surface area contributed by atoms with Gasteiger partial charge in [-0.2, -0.15) is 5.26 Å². The molecule has 2 nitrogen and oxygen atoms in total. The predicted molar refractivity (Wildman–Crippen MR) is 58.1 cm³/mol. The van der Waals surface area contributed by atoms with E-state index in [1.165, 1.54) is 0 Å². The molecule has 0 bridgehead atoms. The maximum Gasteiger partial charge on any atom is 0.0991 e. The molecule has 2 unspecified atom stereocenters. The molecular weight excluding hydrogens is 186 g/mol. The van der Waals surface area contributed by atoms with E-state index in [1.807, 2.05) is 12.1 Å². The quantitative estimate of drug-likeness (QED) is 0.758. The van der Waals surface area contributed by atoms with Gasteiger partial charge in [-0.15, -0.1) is 0 Å². The van der Waals surface area contributed by atoms with Crippen molar-refractivity contribution in [2.45, 2.75) is 31.8 Å². The highest BCUT2D eigenvalue weighted by atomic mass is 16.3. The Hall–Kier alpha value is -1.33. The third kappa shape index (κ3) is 1.64. The summed E-state index contributed by atoms with van der Waals surface area (Å²) in [4.78, 5) is 0. The predicted octanol–water partition coefficient (Wildman–Crippen LogP) is 2.57. The van der Waals surface area contributed by atoms with E-state index in [9.17, 15) is 5.11 Å². The Bertz CT molecular complexity index is 390. The van der Waals surface area contributed by atoms with Gasteiger partial charge in [0, 0.05) is 0 Å². The second-order valence-corrected chi connectivity index (χ2v) is 4.41. The van der Waals surface area contributed by atoms with Crippen LogP contribution in [0, 0.1) is 17.2 Å². The van der Waals surface area contributed by atoms with E-state index in [2.05, 4.69) is 13.0 Å². The normalized spacial score (nSPS) is 30.1. The van der Waals surface area contributed by atoms with E-state index in [0.717, 1.165) is 24.8 Å². The van der Waals surface area contributed by atoms with E-state index in [1.54, 1.807) is 12.1 Å². The summed E-state index contributed by atoms with van der Waals surface area (Å²) in [6.07, 6.45) is 2.99. The van der Waals surface area contributed by atoms with E-state index in [0.29, 0.717) is 11.5 Å². The zero-order valence-electron chi connectivity index (χ0n) is 8.90. The molecule has 0 heterocycles. The van der Waals surface area contributed by atoms with Gasteiger partial charge >= 0.3 is 0 Å². The minimum Gasteiger partial charge on any atom is -0.385 e. The minimum atomic E-state index is -0.673. The second kappa shape index (κ2) is 3.67. The average Bonchev–Trinajstić information content (AvgIpc) is 2.61. The first-order valence-electron chi connectivity index (χ1n) is 5.40. The maximum atomic E-state index is 10.5. The number of hydrogen-bond acceptors (Lipinski definition) is 2. The number of hydrogen-bond donors (Lipinski definition) is 1. The highest BCUT2D eigenvalue weighted by Gasteiger charge is 2.39. The zero-order chi connectivity index (χ0) is 10.9. The molecule has 2 rings (SSSR count). The fourth-order valence-corrected chi connectivity index (χ4v) is 2.43. The van der Waals surface area contributed by atoms with Crippen molar-refractivity contribution in [1.29, 1.82) is 5.26 Å². The molecule has 0 aromatic heterocycles. The van der Waals surface area contributed by atoms with Crippen LogP contribution in [0.5, 0.6) is 0 Å². The molecule has 1 aromatic carbocycles. The first-order valence-corrected chi connectivity index (χ1v) is 5.40. The van der Waals surface area contributed by atoms with Crippen LogP contribution in [-0.4, -0.2) is 5.11 Å². The van der Waals surface area contributed by atoms with Gasteiger partial charge in [0.1, 0.15) is 0 Å². The first kappa shape index (κ1) is 10.2. The Labute approximate surface area is 90.2 Å². The van der Waals surface area contributed by atoms with Crippen molar-refractivity contribution in [1.82, 2.24) is 0 Å². The van der Waals surface area contributed by atoms with E-state index < -0.39 is 5.60 Å². The van der Waals surface area contributed by atoms with Crippen LogP contribution < -0.4 is 0 Å². The van der Waals surface area contributed by atoms with E-state index in [-0.39, 0.29) is 0 Å². The van der Waals surface area contributed by atoms with Crippen LogP contribution >= 0.6 is 0 Å². The van der Waals surface area contributed by atoms with E-state index in [4.69, 9.17) is 5.26 Å². The third-order valence-electron chi connectivity index (χ3n) is 3.52. The summed E-state index contributed by atoms with van der Waals surface area (Å²) in [7, 11) is 0. The Morgan fingerprint density at radius 3 is 2.53 bits per heavy atom. The molecule has 15 heavy (non-hydrogen) atoms. The molecule has 0 radical (unpaired) electrons. The average molecular weight is 201 g/mol. The molecule has 1 N–H and O–H groups in total. The van der Waals surface area contributed by atoms with Gasteiger partial charge in [-0.1, -0.05) is 19.1 Å². The third-order valence-corrected chi connectivity index (χ3v) is 3.52. The number of rotatable bonds is 1. The molecule has 2 atom stereocenters. The molecule has 1 saturated carbocycles. The lowest BCUT2D eigenvalue weighted by Crippen LogP contribution is -2.28. The molecular formula is C13H15NO. The van der Waals surface area contributed by atoms with Gasteiger partial charge in [-0.05, 0) is 42.9 Å². The lowest BCUT2D eigenvalue weighted by molar-refractivity contribution is 0.00449. The van der Waals surface area contributed by atoms with Crippen LogP contribution in [0.2, 0.25) is 0 Å².